The summed E-state index contributed by atoms with van der Waals surface area (Å²) in [5.41, 5.74) is -0.883. The van der Waals surface area contributed by atoms with Gasteiger partial charge in [0, 0.05) is 24.1 Å². The fourth-order valence-electron chi connectivity index (χ4n) is 1.88. The lowest BCUT2D eigenvalue weighted by Crippen LogP contribution is -2.42. The van der Waals surface area contributed by atoms with Crippen LogP contribution in [0, 0.1) is 0 Å². The molecule has 1 aromatic heterocycles. The third-order valence-corrected chi connectivity index (χ3v) is 3.39. The molecule has 1 aliphatic rings. The summed E-state index contributed by atoms with van der Waals surface area (Å²) >= 11 is 3.31. The van der Waals surface area contributed by atoms with E-state index in [2.05, 4.69) is 25.9 Å². The van der Waals surface area contributed by atoms with Crippen LogP contribution < -0.4 is 4.90 Å². The van der Waals surface area contributed by atoms with Gasteiger partial charge < -0.3 is 4.90 Å². The van der Waals surface area contributed by atoms with E-state index in [4.69, 9.17) is 0 Å². The second-order valence-corrected chi connectivity index (χ2v) is 5.00. The highest BCUT2D eigenvalue weighted by Gasteiger charge is 2.34. The predicted octanol–water partition coefficient (Wildman–Crippen LogP) is 3.25. The van der Waals surface area contributed by atoms with Crippen molar-refractivity contribution in [1.82, 2.24) is 9.97 Å². The smallest absolute Gasteiger partial charge is 0.337 e. The summed E-state index contributed by atoms with van der Waals surface area (Å²) in [7, 11) is 0. The van der Waals surface area contributed by atoms with Gasteiger partial charge in [-0.25, -0.2) is 9.97 Å². The molecule has 1 heterocycles. The van der Waals surface area contributed by atoms with Gasteiger partial charge in [0.15, 0.2) is 0 Å². The molecule has 0 saturated heterocycles. The SMILES string of the molecule is FC(F)(F)c1ccnc(N(CCBr)C2CCC2)n1. The Bertz CT molecular complexity index is 407. The molecule has 100 valence electrons. The number of halogens is 4. The highest BCUT2D eigenvalue weighted by Crippen LogP contribution is 2.31. The molecule has 18 heavy (non-hydrogen) atoms. The minimum absolute atomic E-state index is 0.175. The van der Waals surface area contributed by atoms with Gasteiger partial charge in [0.05, 0.1) is 0 Å². The van der Waals surface area contributed by atoms with E-state index in [1.807, 2.05) is 4.90 Å². The molecule has 0 N–H and O–H groups in total. The molecule has 0 atom stereocenters. The standard InChI is InChI=1S/C11H13BrF3N3/c12-5-7-18(8-2-1-3-8)10-16-6-4-9(17-10)11(13,14)15/h4,6,8H,1-3,5,7H2. The summed E-state index contributed by atoms with van der Waals surface area (Å²) in [5, 5.41) is 0.684. The number of hydrogen-bond acceptors (Lipinski definition) is 3. The Labute approximate surface area is 112 Å². The molecule has 1 fully saturated rings. The van der Waals surface area contributed by atoms with E-state index in [1.54, 1.807) is 0 Å². The minimum Gasteiger partial charge on any atom is -0.337 e. The van der Waals surface area contributed by atoms with E-state index in [1.165, 1.54) is 6.20 Å². The second kappa shape index (κ2) is 5.42. The van der Waals surface area contributed by atoms with Crippen LogP contribution in [0.2, 0.25) is 0 Å². The van der Waals surface area contributed by atoms with E-state index in [9.17, 15) is 13.2 Å². The largest absolute Gasteiger partial charge is 0.433 e. The van der Waals surface area contributed by atoms with Crippen LogP contribution in [0.25, 0.3) is 0 Å². The molecule has 1 saturated carbocycles. The lowest BCUT2D eigenvalue weighted by molar-refractivity contribution is -0.141. The molecule has 2 rings (SSSR count). The molecular formula is C11H13BrF3N3. The van der Waals surface area contributed by atoms with Crippen molar-refractivity contribution in [2.24, 2.45) is 0 Å². The van der Waals surface area contributed by atoms with Crippen LogP contribution in [0.4, 0.5) is 19.1 Å². The third kappa shape index (κ3) is 2.93. The van der Waals surface area contributed by atoms with E-state index in [0.29, 0.717) is 11.9 Å². The highest BCUT2D eigenvalue weighted by atomic mass is 79.9. The van der Waals surface area contributed by atoms with Crippen molar-refractivity contribution in [2.75, 3.05) is 16.8 Å². The number of rotatable bonds is 4. The molecule has 7 heteroatoms. The summed E-state index contributed by atoms with van der Waals surface area (Å²) in [6.07, 6.45) is -0.149. The van der Waals surface area contributed by atoms with E-state index >= 15 is 0 Å². The Hall–Kier alpha value is -0.850. The lowest BCUT2D eigenvalue weighted by Gasteiger charge is -2.37. The van der Waals surface area contributed by atoms with E-state index in [-0.39, 0.29) is 12.0 Å². The Morgan fingerprint density at radius 3 is 2.61 bits per heavy atom. The monoisotopic (exact) mass is 323 g/mol. The first-order valence-corrected chi connectivity index (χ1v) is 6.87. The number of alkyl halides is 4. The fourth-order valence-corrected chi connectivity index (χ4v) is 2.26. The summed E-state index contributed by atoms with van der Waals surface area (Å²) in [6, 6.07) is 1.17. The van der Waals surface area contributed by atoms with Gasteiger partial charge in [-0.05, 0) is 25.3 Å². The Morgan fingerprint density at radius 1 is 1.39 bits per heavy atom. The van der Waals surface area contributed by atoms with Gasteiger partial charge in [-0.3, -0.25) is 0 Å². The maximum atomic E-state index is 12.6. The molecule has 1 aliphatic carbocycles. The zero-order valence-corrected chi connectivity index (χ0v) is 11.2. The predicted molar refractivity (Wildman–Crippen MR) is 65.8 cm³/mol. The summed E-state index contributed by atoms with van der Waals surface area (Å²) in [6.45, 7) is 0.617. The number of nitrogens with zero attached hydrogens (tertiary/aromatic N) is 3. The van der Waals surface area contributed by atoms with Gasteiger partial charge in [0.25, 0.3) is 0 Å². The maximum absolute atomic E-state index is 12.6. The molecule has 0 amide bonds. The van der Waals surface area contributed by atoms with Gasteiger partial charge in [0.2, 0.25) is 5.95 Å². The fraction of sp³-hybridized carbons (Fsp3) is 0.636. The first kappa shape index (κ1) is 13.6. The Balaban J connectivity index is 2.24. The van der Waals surface area contributed by atoms with Gasteiger partial charge in [-0.2, -0.15) is 13.2 Å². The average molecular weight is 324 g/mol. The summed E-state index contributed by atoms with van der Waals surface area (Å²) in [5.74, 6) is 0.175. The van der Waals surface area contributed by atoms with Crippen molar-refractivity contribution in [3.63, 3.8) is 0 Å². The minimum atomic E-state index is -4.42. The zero-order valence-electron chi connectivity index (χ0n) is 9.62. The second-order valence-electron chi connectivity index (χ2n) is 4.21. The van der Waals surface area contributed by atoms with Gasteiger partial charge >= 0.3 is 6.18 Å². The van der Waals surface area contributed by atoms with Crippen LogP contribution in [-0.4, -0.2) is 27.9 Å². The number of anilines is 1. The van der Waals surface area contributed by atoms with E-state index in [0.717, 1.165) is 25.3 Å². The van der Waals surface area contributed by atoms with Crippen molar-refractivity contribution in [2.45, 2.75) is 31.5 Å². The lowest BCUT2D eigenvalue weighted by atomic mass is 9.92. The van der Waals surface area contributed by atoms with Crippen LogP contribution in [0.5, 0.6) is 0 Å². The molecule has 1 aromatic rings. The van der Waals surface area contributed by atoms with Crippen LogP contribution in [-0.2, 0) is 6.18 Å². The molecule has 0 aromatic carbocycles. The van der Waals surface area contributed by atoms with Crippen molar-refractivity contribution in [1.29, 1.82) is 0 Å². The molecule has 0 radical (unpaired) electrons. The Morgan fingerprint density at radius 2 is 2.11 bits per heavy atom. The Kier molecular flexibility index (Phi) is 4.09. The first-order valence-electron chi connectivity index (χ1n) is 5.75. The normalized spacial score (nSPS) is 16.4. The topological polar surface area (TPSA) is 29.0 Å². The van der Waals surface area contributed by atoms with Crippen LogP contribution >= 0.6 is 15.9 Å². The van der Waals surface area contributed by atoms with Crippen LogP contribution in [0.1, 0.15) is 25.0 Å². The average Bonchev–Trinajstić information content (AvgIpc) is 2.25. The third-order valence-electron chi connectivity index (χ3n) is 3.03. The van der Waals surface area contributed by atoms with E-state index < -0.39 is 11.9 Å². The van der Waals surface area contributed by atoms with Crippen LogP contribution in [0.3, 0.4) is 0 Å². The van der Waals surface area contributed by atoms with Crippen LogP contribution in [0.15, 0.2) is 12.3 Å². The molecule has 0 bridgehead atoms. The quantitative estimate of drug-likeness (QED) is 0.796. The van der Waals surface area contributed by atoms with Gasteiger partial charge in [-0.15, -0.1) is 0 Å². The molecule has 0 spiro atoms. The molecule has 0 unspecified atom stereocenters. The zero-order chi connectivity index (χ0) is 13.2. The summed E-state index contributed by atoms with van der Waals surface area (Å²) in [4.78, 5) is 9.46. The van der Waals surface area contributed by atoms with Crippen molar-refractivity contribution in [3.8, 4) is 0 Å². The van der Waals surface area contributed by atoms with Gasteiger partial charge in [0.1, 0.15) is 5.69 Å². The van der Waals surface area contributed by atoms with Crippen molar-refractivity contribution >= 4 is 21.9 Å². The summed E-state index contributed by atoms with van der Waals surface area (Å²) < 4.78 is 37.8. The van der Waals surface area contributed by atoms with Crippen molar-refractivity contribution in [3.05, 3.63) is 18.0 Å². The number of hydrogen-bond donors (Lipinski definition) is 0. The maximum Gasteiger partial charge on any atom is 0.433 e. The van der Waals surface area contributed by atoms with Gasteiger partial charge in [-0.1, -0.05) is 15.9 Å². The number of aromatic nitrogens is 2. The molecule has 3 nitrogen and oxygen atoms in total. The molecular weight excluding hydrogens is 311 g/mol. The first-order chi connectivity index (χ1) is 8.52. The molecule has 0 aliphatic heterocycles. The highest BCUT2D eigenvalue weighted by molar-refractivity contribution is 9.09. The van der Waals surface area contributed by atoms with Crippen molar-refractivity contribution < 1.29 is 13.2 Å².